The highest BCUT2D eigenvalue weighted by Crippen LogP contribution is 2.49. The van der Waals surface area contributed by atoms with Crippen LogP contribution in [0.3, 0.4) is 0 Å². The minimum Gasteiger partial charge on any atom is -0.364 e. The molecule has 2 aliphatic carbocycles. The third-order valence-corrected chi connectivity index (χ3v) is 5.76. The first-order valence-electron chi connectivity index (χ1n) is 8.87. The maximum absolute atomic E-state index is 12.4. The van der Waals surface area contributed by atoms with Crippen LogP contribution in [0, 0.1) is 11.8 Å². The summed E-state index contributed by atoms with van der Waals surface area (Å²) in [7, 11) is 0. The van der Waals surface area contributed by atoms with E-state index in [0.717, 1.165) is 37.5 Å². The summed E-state index contributed by atoms with van der Waals surface area (Å²) < 4.78 is 1.70. The number of piperidine rings is 1. The summed E-state index contributed by atoms with van der Waals surface area (Å²) in [5.74, 6) is 1.24. The lowest BCUT2D eigenvalue weighted by Crippen LogP contribution is -2.48. The van der Waals surface area contributed by atoms with Crippen LogP contribution in [0.4, 0.5) is 4.79 Å². The van der Waals surface area contributed by atoms with Gasteiger partial charge < -0.3 is 16.0 Å². The van der Waals surface area contributed by atoms with Crippen LogP contribution >= 0.6 is 0 Å². The number of rotatable bonds is 3. The Morgan fingerprint density at radius 2 is 1.92 bits per heavy atom. The Morgan fingerprint density at radius 1 is 1.12 bits per heavy atom. The maximum atomic E-state index is 12.4. The standard InChI is InChI=1S/C16H24N6O2/c17-15(23)14-9-22(20-19-14)13-3-5-21(6-4-13)16(24)18-12-2-1-10-7-11(10)8-12/h9-13H,1-8H2,(H2,17,23)(H,18,24). The molecule has 3 fully saturated rings. The molecular formula is C16H24N6O2. The number of primary amides is 1. The van der Waals surface area contributed by atoms with E-state index in [9.17, 15) is 9.59 Å². The Balaban J connectivity index is 1.27. The second kappa shape index (κ2) is 6.07. The third-order valence-electron chi connectivity index (χ3n) is 5.76. The molecule has 0 radical (unpaired) electrons. The summed E-state index contributed by atoms with van der Waals surface area (Å²) >= 11 is 0. The van der Waals surface area contributed by atoms with Crippen LogP contribution in [-0.2, 0) is 0 Å². The number of carbonyl (C=O) groups is 2. The van der Waals surface area contributed by atoms with Crippen LogP contribution in [0.1, 0.15) is 55.1 Å². The molecule has 24 heavy (non-hydrogen) atoms. The van der Waals surface area contributed by atoms with E-state index in [1.807, 2.05) is 4.90 Å². The molecule has 3 aliphatic rings. The van der Waals surface area contributed by atoms with E-state index in [2.05, 4.69) is 15.6 Å². The van der Waals surface area contributed by atoms with E-state index < -0.39 is 5.91 Å². The zero-order chi connectivity index (χ0) is 16.7. The number of hydrogen-bond acceptors (Lipinski definition) is 4. The van der Waals surface area contributed by atoms with Gasteiger partial charge in [0.25, 0.3) is 5.91 Å². The van der Waals surface area contributed by atoms with E-state index >= 15 is 0 Å². The molecule has 2 heterocycles. The number of nitrogens with zero attached hydrogens (tertiary/aromatic N) is 4. The zero-order valence-electron chi connectivity index (χ0n) is 13.7. The van der Waals surface area contributed by atoms with Crippen LogP contribution in [-0.4, -0.2) is 51.0 Å². The van der Waals surface area contributed by atoms with Gasteiger partial charge in [-0.15, -0.1) is 5.10 Å². The van der Waals surface area contributed by atoms with Crippen LogP contribution in [0.15, 0.2) is 6.20 Å². The second-order valence-corrected chi connectivity index (χ2v) is 7.38. The van der Waals surface area contributed by atoms with Crippen molar-refractivity contribution >= 4 is 11.9 Å². The van der Waals surface area contributed by atoms with Crippen molar-refractivity contribution in [1.29, 1.82) is 0 Å². The van der Waals surface area contributed by atoms with Gasteiger partial charge >= 0.3 is 6.03 Å². The maximum Gasteiger partial charge on any atom is 0.317 e. The highest BCUT2D eigenvalue weighted by atomic mass is 16.2. The topological polar surface area (TPSA) is 106 Å². The number of nitrogens with one attached hydrogen (secondary N) is 1. The van der Waals surface area contributed by atoms with Gasteiger partial charge in [0.05, 0.1) is 12.2 Å². The number of hydrogen-bond donors (Lipinski definition) is 2. The van der Waals surface area contributed by atoms with Gasteiger partial charge in [0.1, 0.15) is 0 Å². The number of likely N-dealkylation sites (tertiary alicyclic amines) is 1. The summed E-state index contributed by atoms with van der Waals surface area (Å²) in [6.07, 6.45) is 8.13. The summed E-state index contributed by atoms with van der Waals surface area (Å²) in [5.41, 5.74) is 5.39. The molecule has 0 bridgehead atoms. The molecular weight excluding hydrogens is 308 g/mol. The molecule has 1 aromatic heterocycles. The molecule has 8 heteroatoms. The molecule has 0 spiro atoms. The molecule has 1 aromatic rings. The average molecular weight is 332 g/mol. The van der Waals surface area contributed by atoms with Gasteiger partial charge in [-0.05, 0) is 50.4 Å². The van der Waals surface area contributed by atoms with E-state index in [4.69, 9.17) is 5.73 Å². The Morgan fingerprint density at radius 3 is 2.58 bits per heavy atom. The first-order valence-corrected chi connectivity index (χ1v) is 8.87. The first kappa shape index (κ1) is 15.4. The van der Waals surface area contributed by atoms with Crippen molar-refractivity contribution in [1.82, 2.24) is 25.2 Å². The molecule has 1 saturated heterocycles. The van der Waals surface area contributed by atoms with Gasteiger partial charge in [0.2, 0.25) is 0 Å². The fraction of sp³-hybridized carbons (Fsp3) is 0.750. The normalized spacial score (nSPS) is 29.8. The molecule has 1 aliphatic heterocycles. The minimum atomic E-state index is -0.566. The summed E-state index contributed by atoms with van der Waals surface area (Å²) in [5, 5.41) is 11.0. The van der Waals surface area contributed by atoms with Crippen molar-refractivity contribution in [3.05, 3.63) is 11.9 Å². The number of carbonyl (C=O) groups excluding carboxylic acids is 2. The highest BCUT2D eigenvalue weighted by molar-refractivity contribution is 5.90. The lowest BCUT2D eigenvalue weighted by atomic mass is 9.95. The van der Waals surface area contributed by atoms with Crippen LogP contribution in [0.5, 0.6) is 0 Å². The number of urea groups is 1. The summed E-state index contributed by atoms with van der Waals surface area (Å²) in [6.45, 7) is 1.39. The quantitative estimate of drug-likeness (QED) is 0.858. The van der Waals surface area contributed by atoms with Crippen molar-refractivity contribution in [2.75, 3.05) is 13.1 Å². The molecule has 4 rings (SSSR count). The predicted octanol–water partition coefficient (Wildman–Crippen LogP) is 0.912. The summed E-state index contributed by atoms with van der Waals surface area (Å²) in [4.78, 5) is 25.4. The lowest BCUT2D eigenvalue weighted by molar-refractivity contribution is 0.0995. The predicted molar refractivity (Wildman–Crippen MR) is 86.2 cm³/mol. The molecule has 8 nitrogen and oxygen atoms in total. The molecule has 0 aromatic carbocycles. The minimum absolute atomic E-state index is 0.0639. The van der Waals surface area contributed by atoms with Crippen LogP contribution in [0.2, 0.25) is 0 Å². The van der Waals surface area contributed by atoms with Crippen LogP contribution < -0.4 is 11.1 Å². The molecule has 130 valence electrons. The Kier molecular flexibility index (Phi) is 3.90. The third kappa shape index (κ3) is 3.09. The van der Waals surface area contributed by atoms with Gasteiger partial charge in [-0.25, -0.2) is 9.48 Å². The molecule has 3 N–H and O–H groups in total. The largest absolute Gasteiger partial charge is 0.364 e. The summed E-state index contributed by atoms with van der Waals surface area (Å²) in [6, 6.07) is 0.581. The average Bonchev–Trinajstić information content (AvgIpc) is 3.17. The fourth-order valence-electron chi connectivity index (χ4n) is 4.15. The van der Waals surface area contributed by atoms with Gasteiger partial charge in [-0.3, -0.25) is 4.79 Å². The second-order valence-electron chi connectivity index (χ2n) is 7.38. The Labute approximate surface area is 140 Å². The van der Waals surface area contributed by atoms with Crippen molar-refractivity contribution in [2.45, 2.75) is 50.6 Å². The van der Waals surface area contributed by atoms with Gasteiger partial charge in [0, 0.05) is 19.1 Å². The van der Waals surface area contributed by atoms with Gasteiger partial charge in [-0.1, -0.05) is 5.21 Å². The van der Waals surface area contributed by atoms with Crippen LogP contribution in [0.25, 0.3) is 0 Å². The number of aromatic nitrogens is 3. The Bertz CT molecular complexity index is 636. The highest BCUT2D eigenvalue weighted by Gasteiger charge is 2.42. The number of nitrogens with two attached hydrogens (primary N) is 1. The lowest BCUT2D eigenvalue weighted by Gasteiger charge is -2.33. The first-order chi connectivity index (χ1) is 11.6. The van der Waals surface area contributed by atoms with E-state index in [-0.39, 0.29) is 17.8 Å². The van der Waals surface area contributed by atoms with E-state index in [1.165, 1.54) is 12.8 Å². The molecule has 3 amide bonds. The van der Waals surface area contributed by atoms with Crippen molar-refractivity contribution < 1.29 is 9.59 Å². The van der Waals surface area contributed by atoms with Crippen molar-refractivity contribution in [2.24, 2.45) is 17.6 Å². The Hall–Kier alpha value is -2.12. The monoisotopic (exact) mass is 332 g/mol. The van der Waals surface area contributed by atoms with Crippen molar-refractivity contribution in [3.63, 3.8) is 0 Å². The number of amides is 3. The van der Waals surface area contributed by atoms with Crippen molar-refractivity contribution in [3.8, 4) is 0 Å². The zero-order valence-corrected chi connectivity index (χ0v) is 13.7. The van der Waals surface area contributed by atoms with E-state index in [0.29, 0.717) is 19.1 Å². The van der Waals surface area contributed by atoms with E-state index in [1.54, 1.807) is 10.9 Å². The smallest absolute Gasteiger partial charge is 0.317 e. The number of fused-ring (bicyclic) bond motifs is 1. The molecule has 3 unspecified atom stereocenters. The molecule has 3 atom stereocenters. The molecule has 2 saturated carbocycles. The SMILES string of the molecule is NC(=O)c1cn(C2CCN(C(=O)NC3CCC4CC4C3)CC2)nn1. The van der Waals surface area contributed by atoms with Gasteiger partial charge in [0.15, 0.2) is 5.69 Å². The van der Waals surface area contributed by atoms with Gasteiger partial charge in [-0.2, -0.15) is 0 Å². The fourth-order valence-corrected chi connectivity index (χ4v) is 4.15.